The first-order chi connectivity index (χ1) is 11.0. The maximum absolute atomic E-state index is 13.9. The average molecular weight is 337 g/mol. The van der Waals surface area contributed by atoms with E-state index in [9.17, 15) is 18.4 Å². The van der Waals surface area contributed by atoms with Gasteiger partial charge in [0.05, 0.1) is 23.6 Å². The first-order valence-electron chi connectivity index (χ1n) is 7.56. The Morgan fingerprint density at radius 1 is 1.25 bits per heavy atom. The molecule has 0 saturated heterocycles. The highest BCUT2D eigenvalue weighted by Gasteiger charge is 2.46. The van der Waals surface area contributed by atoms with Crippen molar-refractivity contribution in [1.82, 2.24) is 15.2 Å². The molecule has 1 amide bonds. The van der Waals surface area contributed by atoms with Crippen molar-refractivity contribution in [3.63, 3.8) is 0 Å². The summed E-state index contributed by atoms with van der Waals surface area (Å²) in [6, 6.07) is 0. The molecule has 0 radical (unpaired) electrons. The predicted octanol–water partition coefficient (Wildman–Crippen LogP) is 2.29. The van der Waals surface area contributed by atoms with Crippen molar-refractivity contribution in [1.29, 1.82) is 0 Å². The predicted molar refractivity (Wildman–Crippen MR) is 85.2 cm³/mol. The Labute approximate surface area is 139 Å². The summed E-state index contributed by atoms with van der Waals surface area (Å²) in [7, 11) is 3.09. The molecule has 0 spiro atoms. The summed E-state index contributed by atoms with van der Waals surface area (Å²) in [5.41, 5.74) is -1.87. The van der Waals surface area contributed by atoms with Crippen molar-refractivity contribution < 1.29 is 18.4 Å². The van der Waals surface area contributed by atoms with Crippen LogP contribution in [-0.2, 0) is 4.79 Å². The maximum atomic E-state index is 13.9. The van der Waals surface area contributed by atoms with Gasteiger partial charge >= 0.3 is 0 Å². The Hall–Kier alpha value is -2.31. The smallest absolute Gasteiger partial charge is 0.260 e. The molecule has 1 atom stereocenters. The summed E-state index contributed by atoms with van der Waals surface area (Å²) in [6.45, 7) is 5.32. The number of pyridine rings is 1. The summed E-state index contributed by atoms with van der Waals surface area (Å²) < 4.78 is 27.8. The number of nitrogens with one attached hydrogen (secondary N) is 1. The number of likely N-dealkylation sites (N-methyl/N-ethyl adjacent to an activating group) is 2. The molecule has 1 heterocycles. The number of carbonyl (C=O) groups is 2. The van der Waals surface area contributed by atoms with Gasteiger partial charge in [-0.15, -0.1) is 0 Å². The zero-order chi connectivity index (χ0) is 18.3. The molecule has 0 saturated carbocycles. The van der Waals surface area contributed by atoms with Crippen LogP contribution in [0.1, 0.15) is 37.6 Å². The summed E-state index contributed by atoms with van der Waals surface area (Å²) in [6.07, 6.45) is 3.57. The Bertz CT molecular complexity index is 710. The number of hydrogen-bond donors (Lipinski definition) is 1. The molecule has 130 valence electrons. The van der Waals surface area contributed by atoms with Gasteiger partial charge in [-0.2, -0.15) is 0 Å². The molecule has 1 N–H and O–H groups in total. The summed E-state index contributed by atoms with van der Waals surface area (Å²) in [5, 5.41) is 2.84. The van der Waals surface area contributed by atoms with Gasteiger partial charge in [-0.25, -0.2) is 8.78 Å². The van der Waals surface area contributed by atoms with Crippen LogP contribution in [0.5, 0.6) is 0 Å². The quantitative estimate of drug-likeness (QED) is 0.919. The average Bonchev–Trinajstić information content (AvgIpc) is 2.49. The Balaban J connectivity index is 2.48. The van der Waals surface area contributed by atoms with E-state index >= 15 is 0 Å². The second-order valence-electron chi connectivity index (χ2n) is 6.90. The Kier molecular flexibility index (Phi) is 4.48. The lowest BCUT2D eigenvalue weighted by Crippen LogP contribution is -2.54. The minimum atomic E-state index is -1.01. The van der Waals surface area contributed by atoms with Gasteiger partial charge in [0.25, 0.3) is 5.91 Å². The van der Waals surface area contributed by atoms with Gasteiger partial charge in [0.2, 0.25) is 0 Å². The standard InChI is InChI=1S/C17H21F2N3O2/c1-16(2)9-17(3,6-12(20-4)14(16)23)22(5)15(24)13-10(18)7-21-8-11(13)19/h6-8,20H,9H2,1-5H3/t17-/m1/s1. The number of aromatic nitrogens is 1. The largest absolute Gasteiger partial charge is 0.385 e. The van der Waals surface area contributed by atoms with Crippen LogP contribution in [0.2, 0.25) is 0 Å². The van der Waals surface area contributed by atoms with E-state index in [0.29, 0.717) is 12.1 Å². The van der Waals surface area contributed by atoms with E-state index < -0.39 is 34.1 Å². The third-order valence-electron chi connectivity index (χ3n) is 4.52. The molecule has 0 aromatic carbocycles. The Morgan fingerprint density at radius 3 is 2.29 bits per heavy atom. The van der Waals surface area contributed by atoms with Gasteiger partial charge in [0, 0.05) is 19.5 Å². The lowest BCUT2D eigenvalue weighted by atomic mass is 9.70. The van der Waals surface area contributed by atoms with Crippen molar-refractivity contribution in [3.8, 4) is 0 Å². The van der Waals surface area contributed by atoms with Crippen LogP contribution in [0.25, 0.3) is 0 Å². The first kappa shape index (κ1) is 18.0. The third kappa shape index (κ3) is 2.90. The number of nitrogens with zero attached hydrogens (tertiary/aromatic N) is 2. The number of hydrogen-bond acceptors (Lipinski definition) is 4. The minimum Gasteiger partial charge on any atom is -0.385 e. The van der Waals surface area contributed by atoms with Crippen LogP contribution in [0.15, 0.2) is 24.2 Å². The monoisotopic (exact) mass is 337 g/mol. The molecule has 1 aromatic rings. The molecule has 2 rings (SSSR count). The Morgan fingerprint density at radius 2 is 1.79 bits per heavy atom. The molecule has 0 unspecified atom stereocenters. The SMILES string of the molecule is CNC1=C[C@@](C)(N(C)C(=O)c2c(F)cncc2F)CC(C)(C)C1=O. The highest BCUT2D eigenvalue weighted by molar-refractivity contribution is 6.01. The molecule has 0 aliphatic heterocycles. The summed E-state index contributed by atoms with van der Waals surface area (Å²) in [4.78, 5) is 29.7. The van der Waals surface area contributed by atoms with Crippen molar-refractivity contribution in [2.75, 3.05) is 14.1 Å². The van der Waals surface area contributed by atoms with Gasteiger partial charge in [-0.3, -0.25) is 14.6 Å². The van der Waals surface area contributed by atoms with Gasteiger partial charge in [0.15, 0.2) is 17.4 Å². The van der Waals surface area contributed by atoms with Crippen LogP contribution in [0.4, 0.5) is 8.78 Å². The highest BCUT2D eigenvalue weighted by Crippen LogP contribution is 2.40. The lowest BCUT2D eigenvalue weighted by molar-refractivity contribution is -0.126. The van der Waals surface area contributed by atoms with E-state index in [1.807, 2.05) is 0 Å². The molecule has 1 aliphatic carbocycles. The van der Waals surface area contributed by atoms with E-state index in [0.717, 1.165) is 12.4 Å². The van der Waals surface area contributed by atoms with Gasteiger partial charge in [0.1, 0.15) is 5.56 Å². The topological polar surface area (TPSA) is 62.3 Å². The summed E-state index contributed by atoms with van der Waals surface area (Å²) in [5.74, 6) is -2.89. The fourth-order valence-corrected chi connectivity index (χ4v) is 3.18. The van der Waals surface area contributed by atoms with Crippen molar-refractivity contribution >= 4 is 11.7 Å². The van der Waals surface area contributed by atoms with Crippen molar-refractivity contribution in [3.05, 3.63) is 41.4 Å². The number of allylic oxidation sites excluding steroid dienone is 1. The van der Waals surface area contributed by atoms with Crippen LogP contribution in [0, 0.1) is 17.0 Å². The van der Waals surface area contributed by atoms with Crippen LogP contribution in [0.3, 0.4) is 0 Å². The molecule has 24 heavy (non-hydrogen) atoms. The zero-order valence-electron chi connectivity index (χ0n) is 14.4. The van der Waals surface area contributed by atoms with E-state index in [-0.39, 0.29) is 5.78 Å². The van der Waals surface area contributed by atoms with Crippen LogP contribution >= 0.6 is 0 Å². The third-order valence-corrected chi connectivity index (χ3v) is 4.52. The fourth-order valence-electron chi connectivity index (χ4n) is 3.18. The van der Waals surface area contributed by atoms with E-state index in [1.54, 1.807) is 33.9 Å². The van der Waals surface area contributed by atoms with Gasteiger partial charge < -0.3 is 10.2 Å². The molecule has 1 aromatic heterocycles. The minimum absolute atomic E-state index is 0.0652. The van der Waals surface area contributed by atoms with Crippen LogP contribution in [-0.4, -0.2) is 41.2 Å². The summed E-state index contributed by atoms with van der Waals surface area (Å²) >= 11 is 0. The second kappa shape index (κ2) is 5.96. The lowest BCUT2D eigenvalue weighted by Gasteiger charge is -2.45. The van der Waals surface area contributed by atoms with Crippen molar-refractivity contribution in [2.24, 2.45) is 5.41 Å². The van der Waals surface area contributed by atoms with E-state index in [2.05, 4.69) is 10.3 Å². The molecule has 1 aliphatic rings. The maximum Gasteiger partial charge on any atom is 0.260 e. The molecule has 5 nitrogen and oxygen atoms in total. The van der Waals surface area contributed by atoms with E-state index in [4.69, 9.17) is 0 Å². The van der Waals surface area contributed by atoms with Crippen molar-refractivity contribution in [2.45, 2.75) is 32.7 Å². The zero-order valence-corrected chi connectivity index (χ0v) is 14.4. The number of halogens is 2. The molecule has 0 bridgehead atoms. The second-order valence-corrected chi connectivity index (χ2v) is 6.90. The molecular formula is C17H21F2N3O2. The number of amides is 1. The van der Waals surface area contributed by atoms with Crippen LogP contribution < -0.4 is 5.32 Å². The van der Waals surface area contributed by atoms with Gasteiger partial charge in [-0.1, -0.05) is 13.8 Å². The fraction of sp³-hybridized carbons (Fsp3) is 0.471. The number of Topliss-reactive ketones (excluding diaryl/α,β-unsaturated/α-hetero) is 1. The van der Waals surface area contributed by atoms with E-state index in [1.165, 1.54) is 11.9 Å². The van der Waals surface area contributed by atoms with Gasteiger partial charge in [-0.05, 0) is 19.4 Å². The molecule has 0 fully saturated rings. The normalized spacial score (nSPS) is 22.8. The number of ketones is 1. The molecular weight excluding hydrogens is 316 g/mol. The highest BCUT2D eigenvalue weighted by atomic mass is 19.1. The molecule has 7 heteroatoms. The number of carbonyl (C=O) groups excluding carboxylic acids is 2. The number of rotatable bonds is 3. The first-order valence-corrected chi connectivity index (χ1v) is 7.56.